The minimum Gasteiger partial charge on any atom is -0.493 e. The van der Waals surface area contributed by atoms with Gasteiger partial charge in [-0.15, -0.1) is 0 Å². The topological polar surface area (TPSA) is 76.7 Å². The van der Waals surface area contributed by atoms with E-state index in [4.69, 9.17) is 9.47 Å². The molecule has 28 heavy (non-hydrogen) atoms. The van der Waals surface area contributed by atoms with E-state index in [0.717, 1.165) is 17.7 Å². The van der Waals surface area contributed by atoms with Crippen LogP contribution in [-0.4, -0.2) is 24.5 Å². The summed E-state index contributed by atoms with van der Waals surface area (Å²) < 4.78 is 25.0. The summed E-state index contributed by atoms with van der Waals surface area (Å²) in [6.45, 7) is 4.35. The van der Waals surface area contributed by atoms with Gasteiger partial charge in [0.1, 0.15) is 23.4 Å². The van der Waals surface area contributed by atoms with Crippen molar-refractivity contribution in [3.05, 3.63) is 65.0 Å². The Morgan fingerprint density at radius 3 is 2.82 bits per heavy atom. The molecule has 1 atom stereocenters. The summed E-state index contributed by atoms with van der Waals surface area (Å²) in [4.78, 5) is 23.9. The first-order valence-electron chi connectivity index (χ1n) is 8.97. The minimum atomic E-state index is -0.741. The van der Waals surface area contributed by atoms with Gasteiger partial charge in [-0.25, -0.2) is 4.39 Å². The normalized spacial score (nSPS) is 15.0. The highest BCUT2D eigenvalue weighted by atomic mass is 19.1. The number of nitrogens with one attached hydrogen (secondary N) is 2. The molecule has 0 saturated carbocycles. The number of halogens is 1. The lowest BCUT2D eigenvalue weighted by molar-refractivity contribution is -0.117. The van der Waals surface area contributed by atoms with Gasteiger partial charge < -0.3 is 9.47 Å². The van der Waals surface area contributed by atoms with Crippen molar-refractivity contribution in [2.24, 2.45) is 0 Å². The van der Waals surface area contributed by atoms with E-state index < -0.39 is 17.6 Å². The fourth-order valence-electron chi connectivity index (χ4n) is 2.90. The second kappa shape index (κ2) is 8.56. The van der Waals surface area contributed by atoms with Crippen molar-refractivity contribution in [1.82, 2.24) is 10.9 Å². The van der Waals surface area contributed by atoms with Crippen LogP contribution in [0.2, 0.25) is 0 Å². The number of hydrogen-bond donors (Lipinski definition) is 2. The Bertz CT molecular complexity index is 927. The van der Waals surface area contributed by atoms with Crippen molar-refractivity contribution in [3.8, 4) is 11.5 Å². The Kier molecular flexibility index (Phi) is 5.93. The molecule has 0 bridgehead atoms. The molecule has 146 valence electrons. The van der Waals surface area contributed by atoms with Crippen molar-refractivity contribution in [2.75, 3.05) is 6.61 Å². The largest absolute Gasteiger partial charge is 0.493 e. The maximum absolute atomic E-state index is 13.6. The van der Waals surface area contributed by atoms with Crippen LogP contribution in [0.15, 0.2) is 42.5 Å². The number of amides is 2. The van der Waals surface area contributed by atoms with Crippen molar-refractivity contribution in [2.45, 2.75) is 26.4 Å². The zero-order valence-electron chi connectivity index (χ0n) is 15.6. The van der Waals surface area contributed by atoms with Gasteiger partial charge in [-0.3, -0.25) is 20.4 Å². The average molecular weight is 384 g/mol. The van der Waals surface area contributed by atoms with Gasteiger partial charge in [0.05, 0.1) is 12.2 Å². The lowest BCUT2D eigenvalue weighted by atomic mass is 10.1. The molecule has 0 spiro atoms. The van der Waals surface area contributed by atoms with E-state index in [0.29, 0.717) is 17.9 Å². The number of fused-ring (bicyclic) bond motifs is 1. The number of hydrazine groups is 1. The van der Waals surface area contributed by atoms with E-state index >= 15 is 0 Å². The summed E-state index contributed by atoms with van der Waals surface area (Å²) in [5.41, 5.74) is 6.00. The quantitative estimate of drug-likeness (QED) is 0.614. The van der Waals surface area contributed by atoms with Crippen molar-refractivity contribution in [1.29, 1.82) is 0 Å². The molecular weight excluding hydrogens is 363 g/mol. The average Bonchev–Trinajstić information content (AvgIpc) is 3.03. The van der Waals surface area contributed by atoms with Gasteiger partial charge in [-0.1, -0.05) is 12.1 Å². The van der Waals surface area contributed by atoms with Gasteiger partial charge in [0, 0.05) is 23.6 Å². The third kappa shape index (κ3) is 4.49. The van der Waals surface area contributed by atoms with Crippen LogP contribution in [0.25, 0.3) is 6.08 Å². The van der Waals surface area contributed by atoms with Gasteiger partial charge in [0.15, 0.2) is 0 Å². The predicted octanol–water partition coefficient (Wildman–Crippen LogP) is 3.02. The van der Waals surface area contributed by atoms with Crippen LogP contribution in [0.3, 0.4) is 0 Å². The number of carbonyl (C=O) groups excluding carboxylic acids is 2. The number of hydrogen-bond acceptors (Lipinski definition) is 4. The summed E-state index contributed by atoms with van der Waals surface area (Å²) in [7, 11) is 0. The standard InChI is InChI=1S/C21H21FN2O4/c1-3-27-18-12-15-10-13(2)28-19(15)11-14(18)8-9-20(25)23-24-21(26)16-6-4-5-7-17(16)22/h4-9,11-13H,3,10H2,1-2H3,(H,23,25)(H,24,26)/b9-8+. The SMILES string of the molecule is CCOc1cc2c(cc1/C=C/C(=O)NNC(=O)c1ccccc1F)OC(C)C2. The highest BCUT2D eigenvalue weighted by Crippen LogP contribution is 2.35. The van der Waals surface area contributed by atoms with Crippen LogP contribution in [-0.2, 0) is 11.2 Å². The molecule has 3 rings (SSSR count). The molecule has 1 aliphatic heterocycles. The third-order valence-electron chi connectivity index (χ3n) is 4.16. The Labute approximate surface area is 162 Å². The summed E-state index contributed by atoms with van der Waals surface area (Å²) in [6.07, 6.45) is 3.73. The van der Waals surface area contributed by atoms with Crippen molar-refractivity contribution < 1.29 is 23.5 Å². The van der Waals surface area contributed by atoms with Crippen molar-refractivity contribution >= 4 is 17.9 Å². The first kappa shape index (κ1) is 19.4. The van der Waals surface area contributed by atoms with Crippen molar-refractivity contribution in [3.63, 3.8) is 0 Å². The van der Waals surface area contributed by atoms with Crippen LogP contribution >= 0.6 is 0 Å². The van der Waals surface area contributed by atoms with E-state index in [9.17, 15) is 14.0 Å². The molecular formula is C21H21FN2O4. The van der Waals surface area contributed by atoms with Crippen LogP contribution in [0.4, 0.5) is 4.39 Å². The zero-order chi connectivity index (χ0) is 20.1. The van der Waals surface area contributed by atoms with E-state index in [2.05, 4.69) is 10.9 Å². The lowest BCUT2D eigenvalue weighted by Gasteiger charge is -2.10. The Morgan fingerprint density at radius 2 is 2.07 bits per heavy atom. The number of benzene rings is 2. The molecule has 1 heterocycles. The molecule has 1 aliphatic rings. The molecule has 0 radical (unpaired) electrons. The summed E-state index contributed by atoms with van der Waals surface area (Å²) in [5.74, 6) is -0.558. The summed E-state index contributed by atoms with van der Waals surface area (Å²) >= 11 is 0. The van der Waals surface area contributed by atoms with Crippen LogP contribution in [0, 0.1) is 5.82 Å². The molecule has 2 aromatic carbocycles. The fourth-order valence-corrected chi connectivity index (χ4v) is 2.90. The monoisotopic (exact) mass is 384 g/mol. The second-order valence-electron chi connectivity index (χ2n) is 6.32. The van der Waals surface area contributed by atoms with Crippen LogP contribution < -0.4 is 20.3 Å². The van der Waals surface area contributed by atoms with Crippen LogP contribution in [0.1, 0.15) is 35.3 Å². The van der Waals surface area contributed by atoms with Gasteiger partial charge in [0.2, 0.25) is 0 Å². The van der Waals surface area contributed by atoms with Gasteiger partial charge >= 0.3 is 0 Å². The Hall–Kier alpha value is -3.35. The van der Waals surface area contributed by atoms with E-state index in [1.165, 1.54) is 30.3 Å². The minimum absolute atomic E-state index is 0.0978. The van der Waals surface area contributed by atoms with E-state index in [1.807, 2.05) is 26.0 Å². The Morgan fingerprint density at radius 1 is 1.29 bits per heavy atom. The van der Waals surface area contributed by atoms with E-state index in [1.54, 1.807) is 6.08 Å². The third-order valence-corrected chi connectivity index (χ3v) is 4.16. The highest BCUT2D eigenvalue weighted by Gasteiger charge is 2.21. The second-order valence-corrected chi connectivity index (χ2v) is 6.32. The fraction of sp³-hybridized carbons (Fsp3) is 0.238. The van der Waals surface area contributed by atoms with E-state index in [-0.39, 0.29) is 11.7 Å². The number of ether oxygens (including phenoxy) is 2. The molecule has 0 aliphatic carbocycles. The maximum Gasteiger partial charge on any atom is 0.272 e. The zero-order valence-corrected chi connectivity index (χ0v) is 15.6. The van der Waals surface area contributed by atoms with Gasteiger partial charge in [-0.05, 0) is 44.2 Å². The highest BCUT2D eigenvalue weighted by molar-refractivity contribution is 5.98. The van der Waals surface area contributed by atoms with Crippen LogP contribution in [0.5, 0.6) is 11.5 Å². The predicted molar refractivity (Wildman–Crippen MR) is 102 cm³/mol. The van der Waals surface area contributed by atoms with Gasteiger partial charge in [0.25, 0.3) is 11.8 Å². The molecule has 6 nitrogen and oxygen atoms in total. The molecule has 0 saturated heterocycles. The first-order chi connectivity index (χ1) is 13.5. The summed E-state index contributed by atoms with van der Waals surface area (Å²) in [5, 5.41) is 0. The molecule has 2 amide bonds. The smallest absolute Gasteiger partial charge is 0.272 e. The molecule has 2 aromatic rings. The number of carbonyl (C=O) groups is 2. The maximum atomic E-state index is 13.6. The summed E-state index contributed by atoms with van der Waals surface area (Å²) in [6, 6.07) is 9.25. The molecule has 7 heteroatoms. The molecule has 0 fully saturated rings. The molecule has 2 N–H and O–H groups in total. The van der Waals surface area contributed by atoms with Gasteiger partial charge in [-0.2, -0.15) is 0 Å². The number of rotatable bonds is 5. The molecule has 0 aromatic heterocycles. The molecule has 1 unspecified atom stereocenters. The first-order valence-corrected chi connectivity index (χ1v) is 8.97. The lowest BCUT2D eigenvalue weighted by Crippen LogP contribution is -2.41. The Balaban J connectivity index is 1.66.